The number of hydrogen-bond donors (Lipinski definition) is 1. The molecule has 0 saturated carbocycles. The summed E-state index contributed by atoms with van der Waals surface area (Å²) in [5.41, 5.74) is 3.17. The molecule has 1 aliphatic heterocycles. The van der Waals surface area contributed by atoms with Crippen LogP contribution in [0.2, 0.25) is 0 Å². The van der Waals surface area contributed by atoms with Crippen molar-refractivity contribution in [2.24, 2.45) is 5.41 Å². The van der Waals surface area contributed by atoms with Crippen LogP contribution in [0.1, 0.15) is 56.4 Å². The van der Waals surface area contributed by atoms with E-state index in [2.05, 4.69) is 18.7 Å². The van der Waals surface area contributed by atoms with Gasteiger partial charge in [-0.2, -0.15) is 0 Å². The number of rotatable bonds is 2. The smallest absolute Gasteiger partial charge is 0.262 e. The van der Waals surface area contributed by atoms with Gasteiger partial charge in [-0.05, 0) is 50.7 Å². The van der Waals surface area contributed by atoms with E-state index in [1.54, 1.807) is 17.5 Å². The van der Waals surface area contributed by atoms with Crippen molar-refractivity contribution in [2.45, 2.75) is 53.6 Å². The SMILES string of the molecule is Cc1cc(C(C)O)c2nc(N3CCC(C)(C)CC3)c(C)c(=O)n2c1. The lowest BCUT2D eigenvalue weighted by atomic mass is 9.82. The van der Waals surface area contributed by atoms with Gasteiger partial charge < -0.3 is 10.0 Å². The number of anilines is 1. The average Bonchev–Trinajstić information content (AvgIpc) is 2.51. The van der Waals surface area contributed by atoms with E-state index in [0.717, 1.165) is 37.3 Å². The van der Waals surface area contributed by atoms with Crippen LogP contribution in [-0.4, -0.2) is 27.6 Å². The summed E-state index contributed by atoms with van der Waals surface area (Å²) >= 11 is 0. The molecular formula is C19H27N3O2. The molecule has 24 heavy (non-hydrogen) atoms. The Morgan fingerprint density at radius 2 is 1.88 bits per heavy atom. The zero-order valence-electron chi connectivity index (χ0n) is 15.3. The van der Waals surface area contributed by atoms with Gasteiger partial charge in [0, 0.05) is 24.8 Å². The van der Waals surface area contributed by atoms with Gasteiger partial charge >= 0.3 is 0 Å². The van der Waals surface area contributed by atoms with Crippen LogP contribution in [0, 0.1) is 19.3 Å². The maximum atomic E-state index is 12.9. The Morgan fingerprint density at radius 1 is 1.25 bits per heavy atom. The molecule has 1 saturated heterocycles. The predicted molar refractivity (Wildman–Crippen MR) is 96.8 cm³/mol. The minimum atomic E-state index is -0.664. The van der Waals surface area contributed by atoms with Gasteiger partial charge in [-0.3, -0.25) is 9.20 Å². The van der Waals surface area contributed by atoms with E-state index in [0.29, 0.717) is 22.2 Å². The molecule has 130 valence electrons. The van der Waals surface area contributed by atoms with E-state index in [-0.39, 0.29) is 5.56 Å². The highest BCUT2D eigenvalue weighted by Crippen LogP contribution is 2.32. The molecule has 1 aliphatic rings. The van der Waals surface area contributed by atoms with E-state index >= 15 is 0 Å². The lowest BCUT2D eigenvalue weighted by Gasteiger charge is -2.38. The number of aliphatic hydroxyl groups excluding tert-OH is 1. The van der Waals surface area contributed by atoms with Gasteiger partial charge in [0.25, 0.3) is 5.56 Å². The third kappa shape index (κ3) is 2.93. The van der Waals surface area contributed by atoms with Crippen LogP contribution in [-0.2, 0) is 0 Å². The average molecular weight is 329 g/mol. The van der Waals surface area contributed by atoms with Gasteiger partial charge in [0.2, 0.25) is 0 Å². The van der Waals surface area contributed by atoms with Crippen LogP contribution in [0.4, 0.5) is 5.82 Å². The summed E-state index contributed by atoms with van der Waals surface area (Å²) in [6.45, 7) is 11.9. The predicted octanol–water partition coefficient (Wildman–Crippen LogP) is 2.99. The molecule has 2 aromatic rings. The van der Waals surface area contributed by atoms with Crippen molar-refractivity contribution < 1.29 is 5.11 Å². The maximum absolute atomic E-state index is 12.9. The molecule has 0 aromatic carbocycles. The van der Waals surface area contributed by atoms with Crippen LogP contribution in [0.5, 0.6) is 0 Å². The minimum absolute atomic E-state index is 0.0505. The van der Waals surface area contributed by atoms with Crippen molar-refractivity contribution in [3.63, 3.8) is 0 Å². The molecule has 3 heterocycles. The number of nitrogens with zero attached hydrogens (tertiary/aromatic N) is 3. The summed E-state index contributed by atoms with van der Waals surface area (Å²) in [5.74, 6) is 0.765. The fourth-order valence-electron chi connectivity index (χ4n) is 3.42. The Balaban J connectivity index is 2.17. The normalized spacial score (nSPS) is 18.8. The van der Waals surface area contributed by atoms with Gasteiger partial charge in [0.15, 0.2) is 0 Å². The summed E-state index contributed by atoms with van der Waals surface area (Å²) in [6.07, 6.45) is 3.31. The molecule has 0 amide bonds. The first kappa shape index (κ1) is 17.0. The molecule has 1 N–H and O–H groups in total. The van der Waals surface area contributed by atoms with E-state index in [9.17, 15) is 9.90 Å². The lowest BCUT2D eigenvalue weighted by Crippen LogP contribution is -2.39. The number of fused-ring (bicyclic) bond motifs is 1. The molecule has 5 nitrogen and oxygen atoms in total. The topological polar surface area (TPSA) is 57.8 Å². The monoisotopic (exact) mass is 329 g/mol. The second-order valence-corrected chi connectivity index (χ2v) is 7.86. The number of hydrogen-bond acceptors (Lipinski definition) is 4. The van der Waals surface area contributed by atoms with Crippen molar-refractivity contribution in [2.75, 3.05) is 18.0 Å². The minimum Gasteiger partial charge on any atom is -0.389 e. The standard InChI is InChI=1S/C19H27N3O2/c1-12-10-15(14(3)23)17-20-16(13(2)18(24)22(17)11-12)21-8-6-19(4,5)7-9-21/h10-11,14,23H,6-9H2,1-5H3. The highest BCUT2D eigenvalue weighted by atomic mass is 16.3. The Hall–Kier alpha value is -1.88. The summed E-state index contributed by atoms with van der Waals surface area (Å²) in [6, 6.07) is 1.91. The van der Waals surface area contributed by atoms with Gasteiger partial charge in [-0.15, -0.1) is 0 Å². The highest BCUT2D eigenvalue weighted by Gasteiger charge is 2.28. The summed E-state index contributed by atoms with van der Waals surface area (Å²) in [5, 5.41) is 10.1. The van der Waals surface area contributed by atoms with E-state index in [1.807, 2.05) is 19.9 Å². The van der Waals surface area contributed by atoms with Crippen molar-refractivity contribution in [3.05, 3.63) is 39.3 Å². The number of aliphatic hydroxyl groups is 1. The first-order chi connectivity index (χ1) is 11.2. The molecule has 0 bridgehead atoms. The Bertz CT molecular complexity index is 827. The van der Waals surface area contributed by atoms with E-state index in [1.165, 1.54) is 0 Å². The van der Waals surface area contributed by atoms with E-state index in [4.69, 9.17) is 4.98 Å². The van der Waals surface area contributed by atoms with E-state index < -0.39 is 6.10 Å². The summed E-state index contributed by atoms with van der Waals surface area (Å²) < 4.78 is 1.57. The Kier molecular flexibility index (Phi) is 4.16. The molecule has 1 atom stereocenters. The van der Waals surface area contributed by atoms with Crippen LogP contribution >= 0.6 is 0 Å². The molecule has 0 spiro atoms. The molecule has 1 fully saturated rings. The zero-order valence-corrected chi connectivity index (χ0v) is 15.3. The van der Waals surface area contributed by atoms with Gasteiger partial charge in [0.1, 0.15) is 11.5 Å². The molecule has 5 heteroatoms. The number of aryl methyl sites for hydroxylation is 1. The summed E-state index contributed by atoms with van der Waals surface area (Å²) in [4.78, 5) is 19.9. The first-order valence-electron chi connectivity index (χ1n) is 8.66. The molecule has 2 aromatic heterocycles. The van der Waals surface area contributed by atoms with Crippen LogP contribution in [0.15, 0.2) is 17.1 Å². The molecule has 3 rings (SSSR count). The van der Waals surface area contributed by atoms with Crippen molar-refractivity contribution in [1.29, 1.82) is 0 Å². The Morgan fingerprint density at radius 3 is 2.46 bits per heavy atom. The van der Waals surface area contributed by atoms with Crippen molar-refractivity contribution in [1.82, 2.24) is 9.38 Å². The van der Waals surface area contributed by atoms with Gasteiger partial charge in [0.05, 0.1) is 11.7 Å². The quantitative estimate of drug-likeness (QED) is 0.920. The van der Waals surface area contributed by atoms with Crippen molar-refractivity contribution >= 4 is 11.5 Å². The molecular weight excluding hydrogens is 302 g/mol. The molecule has 0 aliphatic carbocycles. The summed E-state index contributed by atoms with van der Waals surface area (Å²) in [7, 11) is 0. The number of pyridine rings is 1. The lowest BCUT2D eigenvalue weighted by molar-refractivity contribution is 0.200. The highest BCUT2D eigenvalue weighted by molar-refractivity contribution is 5.58. The third-order valence-corrected chi connectivity index (χ3v) is 5.16. The second kappa shape index (κ2) is 5.88. The van der Waals surface area contributed by atoms with Crippen LogP contribution in [0.25, 0.3) is 5.65 Å². The maximum Gasteiger partial charge on any atom is 0.262 e. The fraction of sp³-hybridized carbons (Fsp3) is 0.579. The van der Waals surface area contributed by atoms with Crippen molar-refractivity contribution in [3.8, 4) is 0 Å². The fourth-order valence-corrected chi connectivity index (χ4v) is 3.42. The first-order valence-corrected chi connectivity index (χ1v) is 8.66. The zero-order chi connectivity index (χ0) is 17.6. The van der Waals surface area contributed by atoms with Gasteiger partial charge in [-0.1, -0.05) is 13.8 Å². The van der Waals surface area contributed by atoms with Gasteiger partial charge in [-0.25, -0.2) is 4.98 Å². The molecule has 0 radical (unpaired) electrons. The number of piperidine rings is 1. The Labute approximate surface area is 143 Å². The number of aromatic nitrogens is 2. The molecule has 1 unspecified atom stereocenters. The third-order valence-electron chi connectivity index (χ3n) is 5.16. The van der Waals surface area contributed by atoms with Crippen LogP contribution in [0.3, 0.4) is 0 Å². The van der Waals surface area contributed by atoms with Crippen LogP contribution < -0.4 is 10.5 Å². The largest absolute Gasteiger partial charge is 0.389 e. The second-order valence-electron chi connectivity index (χ2n) is 7.86.